The molecule has 0 amide bonds. The van der Waals surface area contributed by atoms with Crippen LogP contribution < -0.4 is 0 Å². The molecule has 0 spiro atoms. The lowest BCUT2D eigenvalue weighted by molar-refractivity contribution is -0.0885. The van der Waals surface area contributed by atoms with Gasteiger partial charge in [0.05, 0.1) is 19.3 Å². The van der Waals surface area contributed by atoms with E-state index in [0.29, 0.717) is 19.1 Å². The number of hydrogen-bond acceptors (Lipinski definition) is 3. The number of methoxy groups -OCH3 is 1. The lowest BCUT2D eigenvalue weighted by atomic mass is 9.83. The molecule has 1 saturated carbocycles. The molecule has 0 bridgehead atoms. The maximum absolute atomic E-state index is 10.4. The number of benzene rings is 1. The van der Waals surface area contributed by atoms with Crippen molar-refractivity contribution in [2.24, 2.45) is 5.92 Å². The summed E-state index contributed by atoms with van der Waals surface area (Å²) >= 11 is 0. The van der Waals surface area contributed by atoms with E-state index in [1.807, 2.05) is 30.3 Å². The fourth-order valence-corrected chi connectivity index (χ4v) is 2.95. The Balaban J connectivity index is 1.76. The first-order valence-corrected chi connectivity index (χ1v) is 7.64. The van der Waals surface area contributed by atoms with Gasteiger partial charge in [-0.05, 0) is 24.3 Å². The van der Waals surface area contributed by atoms with Gasteiger partial charge in [0.15, 0.2) is 0 Å². The van der Waals surface area contributed by atoms with Gasteiger partial charge in [-0.2, -0.15) is 0 Å². The molecular formula is C17H26O3. The fraction of sp³-hybridized carbons (Fsp3) is 0.647. The van der Waals surface area contributed by atoms with Crippen molar-refractivity contribution in [3.05, 3.63) is 35.9 Å². The monoisotopic (exact) mass is 278 g/mol. The van der Waals surface area contributed by atoms with Gasteiger partial charge in [0.25, 0.3) is 0 Å². The average Bonchev–Trinajstić information content (AvgIpc) is 2.53. The van der Waals surface area contributed by atoms with Crippen LogP contribution in [-0.2, 0) is 16.1 Å². The molecule has 0 aliphatic heterocycles. The lowest BCUT2D eigenvalue weighted by Crippen LogP contribution is -2.39. The standard InChI is InChI=1S/C17H26O3/c1-19-16(17(18)15-10-6-3-7-11-15)13-20-12-14-8-4-2-5-9-14/h2,4-5,8-9,15-18H,3,6-7,10-13H2,1H3/t16-,17+/m0/s1. The van der Waals surface area contributed by atoms with Gasteiger partial charge < -0.3 is 14.6 Å². The summed E-state index contributed by atoms with van der Waals surface area (Å²) in [6.45, 7) is 1.02. The van der Waals surface area contributed by atoms with Gasteiger partial charge in [0.1, 0.15) is 6.10 Å². The van der Waals surface area contributed by atoms with E-state index in [2.05, 4.69) is 0 Å². The third-order valence-corrected chi connectivity index (χ3v) is 4.21. The van der Waals surface area contributed by atoms with Gasteiger partial charge in [-0.1, -0.05) is 49.6 Å². The van der Waals surface area contributed by atoms with Crippen molar-refractivity contribution < 1.29 is 14.6 Å². The number of aliphatic hydroxyl groups is 1. The van der Waals surface area contributed by atoms with E-state index in [1.165, 1.54) is 19.3 Å². The van der Waals surface area contributed by atoms with E-state index in [9.17, 15) is 5.11 Å². The minimum absolute atomic E-state index is 0.221. The molecule has 2 rings (SSSR count). The first kappa shape index (κ1) is 15.5. The second-order valence-electron chi connectivity index (χ2n) is 5.66. The maximum atomic E-state index is 10.4. The third-order valence-electron chi connectivity index (χ3n) is 4.21. The summed E-state index contributed by atoms with van der Waals surface area (Å²) in [5, 5.41) is 10.4. The Bertz CT molecular complexity index is 360. The van der Waals surface area contributed by atoms with Crippen LogP contribution in [0.25, 0.3) is 0 Å². The summed E-state index contributed by atoms with van der Waals surface area (Å²) in [6, 6.07) is 10.1. The minimum atomic E-state index is -0.406. The molecule has 0 radical (unpaired) electrons. The van der Waals surface area contributed by atoms with Crippen LogP contribution in [0.5, 0.6) is 0 Å². The Morgan fingerprint density at radius 2 is 1.85 bits per heavy atom. The van der Waals surface area contributed by atoms with Crippen LogP contribution in [0.4, 0.5) is 0 Å². The van der Waals surface area contributed by atoms with Crippen molar-refractivity contribution in [3.8, 4) is 0 Å². The second kappa shape index (κ2) is 8.40. The normalized spacial score (nSPS) is 19.7. The molecule has 3 nitrogen and oxygen atoms in total. The lowest BCUT2D eigenvalue weighted by Gasteiger charge is -2.31. The van der Waals surface area contributed by atoms with Gasteiger partial charge in [0, 0.05) is 7.11 Å². The molecule has 0 aromatic heterocycles. The predicted molar refractivity (Wildman–Crippen MR) is 79.5 cm³/mol. The Hall–Kier alpha value is -0.900. The molecule has 1 aliphatic carbocycles. The molecule has 2 atom stereocenters. The minimum Gasteiger partial charge on any atom is -0.390 e. The van der Waals surface area contributed by atoms with Crippen LogP contribution in [0, 0.1) is 5.92 Å². The Morgan fingerprint density at radius 1 is 1.15 bits per heavy atom. The van der Waals surface area contributed by atoms with Crippen molar-refractivity contribution in [1.82, 2.24) is 0 Å². The zero-order valence-corrected chi connectivity index (χ0v) is 12.3. The molecular weight excluding hydrogens is 252 g/mol. The summed E-state index contributed by atoms with van der Waals surface area (Å²) in [5.74, 6) is 0.369. The molecule has 0 saturated heterocycles. The molecule has 1 aromatic rings. The molecule has 3 heteroatoms. The van der Waals surface area contributed by atoms with E-state index in [1.54, 1.807) is 7.11 Å². The van der Waals surface area contributed by atoms with Crippen LogP contribution in [0.15, 0.2) is 30.3 Å². The van der Waals surface area contributed by atoms with Crippen molar-refractivity contribution in [1.29, 1.82) is 0 Å². The molecule has 0 unspecified atom stereocenters. The highest BCUT2D eigenvalue weighted by molar-refractivity contribution is 5.13. The number of hydrogen-bond donors (Lipinski definition) is 1. The summed E-state index contributed by atoms with van der Waals surface area (Å²) in [7, 11) is 1.66. The zero-order chi connectivity index (χ0) is 14.2. The summed E-state index contributed by atoms with van der Waals surface area (Å²) in [6.07, 6.45) is 5.34. The van der Waals surface area contributed by atoms with Crippen LogP contribution in [0.1, 0.15) is 37.7 Å². The quantitative estimate of drug-likeness (QED) is 0.832. The Labute approximate surface area is 121 Å². The maximum Gasteiger partial charge on any atom is 0.107 e. The fourth-order valence-electron chi connectivity index (χ4n) is 2.95. The second-order valence-corrected chi connectivity index (χ2v) is 5.66. The zero-order valence-electron chi connectivity index (χ0n) is 12.3. The van der Waals surface area contributed by atoms with Crippen molar-refractivity contribution in [3.63, 3.8) is 0 Å². The van der Waals surface area contributed by atoms with E-state index in [-0.39, 0.29) is 6.10 Å². The Kier molecular flexibility index (Phi) is 6.51. The van der Waals surface area contributed by atoms with Crippen molar-refractivity contribution in [2.45, 2.75) is 50.9 Å². The van der Waals surface area contributed by atoms with E-state index < -0.39 is 6.10 Å². The largest absolute Gasteiger partial charge is 0.390 e. The van der Waals surface area contributed by atoms with Gasteiger partial charge in [-0.3, -0.25) is 0 Å². The molecule has 112 valence electrons. The predicted octanol–water partition coefficient (Wildman–Crippen LogP) is 3.16. The molecule has 1 aliphatic rings. The smallest absolute Gasteiger partial charge is 0.107 e. The van der Waals surface area contributed by atoms with Crippen LogP contribution in [0.3, 0.4) is 0 Å². The summed E-state index contributed by atoms with van der Waals surface area (Å²) < 4.78 is 11.1. The molecule has 0 heterocycles. The highest BCUT2D eigenvalue weighted by Gasteiger charge is 2.29. The highest BCUT2D eigenvalue weighted by atomic mass is 16.5. The average molecular weight is 278 g/mol. The molecule has 1 fully saturated rings. The summed E-state index contributed by atoms with van der Waals surface area (Å²) in [4.78, 5) is 0. The van der Waals surface area contributed by atoms with Gasteiger partial charge in [0.2, 0.25) is 0 Å². The van der Waals surface area contributed by atoms with E-state index in [4.69, 9.17) is 9.47 Å². The number of aliphatic hydroxyl groups excluding tert-OH is 1. The van der Waals surface area contributed by atoms with Crippen LogP contribution in [-0.4, -0.2) is 31.0 Å². The first-order chi connectivity index (χ1) is 9.81. The number of rotatable bonds is 7. The molecule has 1 N–H and O–H groups in total. The van der Waals surface area contributed by atoms with E-state index >= 15 is 0 Å². The van der Waals surface area contributed by atoms with Crippen molar-refractivity contribution >= 4 is 0 Å². The first-order valence-electron chi connectivity index (χ1n) is 7.64. The summed E-state index contributed by atoms with van der Waals surface area (Å²) in [5.41, 5.74) is 1.15. The van der Waals surface area contributed by atoms with Crippen molar-refractivity contribution in [2.75, 3.05) is 13.7 Å². The third kappa shape index (κ3) is 4.58. The van der Waals surface area contributed by atoms with Gasteiger partial charge in [-0.15, -0.1) is 0 Å². The van der Waals surface area contributed by atoms with Crippen LogP contribution >= 0.6 is 0 Å². The highest BCUT2D eigenvalue weighted by Crippen LogP contribution is 2.28. The SMILES string of the molecule is CO[C@@H](COCc1ccccc1)[C@H](O)C1CCCCC1. The Morgan fingerprint density at radius 3 is 2.50 bits per heavy atom. The van der Waals surface area contributed by atoms with Crippen LogP contribution in [0.2, 0.25) is 0 Å². The molecule has 20 heavy (non-hydrogen) atoms. The van der Waals surface area contributed by atoms with E-state index in [0.717, 1.165) is 18.4 Å². The van der Waals surface area contributed by atoms with Gasteiger partial charge in [-0.25, -0.2) is 0 Å². The topological polar surface area (TPSA) is 38.7 Å². The number of ether oxygens (including phenoxy) is 2. The van der Waals surface area contributed by atoms with Gasteiger partial charge >= 0.3 is 0 Å². The molecule has 1 aromatic carbocycles.